The summed E-state index contributed by atoms with van der Waals surface area (Å²) in [6.07, 6.45) is 5.17. The van der Waals surface area contributed by atoms with Crippen molar-refractivity contribution in [2.75, 3.05) is 6.54 Å². The SMILES string of the molecule is CC(O)c1ccc(C2(CNS(=O)(=O)c3cccc4cccnc34)CCCC2)s1. The number of hydrogen-bond acceptors (Lipinski definition) is 5. The Labute approximate surface area is 169 Å². The van der Waals surface area contributed by atoms with Crippen LogP contribution in [0.2, 0.25) is 0 Å². The number of para-hydroxylation sites is 1. The zero-order chi connectivity index (χ0) is 19.8. The summed E-state index contributed by atoms with van der Waals surface area (Å²) in [5, 5.41) is 10.7. The number of aliphatic hydroxyl groups is 1. The Bertz CT molecular complexity index is 1080. The Balaban J connectivity index is 1.63. The first-order valence-corrected chi connectivity index (χ1v) is 11.8. The van der Waals surface area contributed by atoms with Gasteiger partial charge in [-0.05, 0) is 44.0 Å². The molecule has 2 N–H and O–H groups in total. The van der Waals surface area contributed by atoms with Crippen LogP contribution < -0.4 is 4.72 Å². The maximum absolute atomic E-state index is 13.1. The third kappa shape index (κ3) is 3.59. The van der Waals surface area contributed by atoms with Crippen molar-refractivity contribution in [1.29, 1.82) is 0 Å². The molecular weight excluding hydrogens is 392 g/mol. The number of benzene rings is 1. The van der Waals surface area contributed by atoms with Gasteiger partial charge in [-0.3, -0.25) is 4.98 Å². The molecule has 0 bridgehead atoms. The molecule has 2 aromatic heterocycles. The van der Waals surface area contributed by atoms with Crippen LogP contribution in [-0.4, -0.2) is 25.1 Å². The Hall–Kier alpha value is -1.80. The Kier molecular flexibility index (Phi) is 5.26. The number of nitrogens with zero attached hydrogens (tertiary/aromatic N) is 1. The molecule has 1 aliphatic rings. The average molecular weight is 417 g/mol. The van der Waals surface area contributed by atoms with Crippen LogP contribution in [0.1, 0.15) is 48.5 Å². The van der Waals surface area contributed by atoms with E-state index in [1.807, 2.05) is 24.3 Å². The van der Waals surface area contributed by atoms with E-state index < -0.39 is 16.1 Å². The minimum atomic E-state index is -3.69. The first kappa shape index (κ1) is 19.5. The second kappa shape index (κ2) is 7.55. The summed E-state index contributed by atoms with van der Waals surface area (Å²) >= 11 is 1.59. The number of aromatic nitrogens is 1. The smallest absolute Gasteiger partial charge is 0.242 e. The van der Waals surface area contributed by atoms with E-state index in [4.69, 9.17) is 0 Å². The molecule has 5 nitrogen and oxygen atoms in total. The van der Waals surface area contributed by atoms with E-state index in [-0.39, 0.29) is 10.3 Å². The fraction of sp³-hybridized carbons (Fsp3) is 0.381. The molecule has 1 saturated carbocycles. The molecule has 28 heavy (non-hydrogen) atoms. The van der Waals surface area contributed by atoms with E-state index in [0.717, 1.165) is 40.8 Å². The van der Waals surface area contributed by atoms with Crippen molar-refractivity contribution >= 4 is 32.3 Å². The lowest BCUT2D eigenvalue weighted by atomic mass is 9.85. The highest BCUT2D eigenvalue weighted by Gasteiger charge is 2.38. The third-order valence-electron chi connectivity index (χ3n) is 5.61. The molecule has 3 aromatic rings. The molecule has 1 aromatic carbocycles. The molecule has 1 unspecified atom stereocenters. The van der Waals surface area contributed by atoms with Crippen LogP contribution in [0.25, 0.3) is 10.9 Å². The molecule has 0 spiro atoms. The maximum atomic E-state index is 13.1. The van der Waals surface area contributed by atoms with Crippen molar-refractivity contribution in [2.45, 2.75) is 49.0 Å². The first-order chi connectivity index (χ1) is 13.4. The van der Waals surface area contributed by atoms with Crippen molar-refractivity contribution in [2.24, 2.45) is 0 Å². The molecular formula is C21H24N2O3S2. The van der Waals surface area contributed by atoms with Crippen LogP contribution in [-0.2, 0) is 15.4 Å². The summed E-state index contributed by atoms with van der Waals surface area (Å²) in [6.45, 7) is 2.12. The maximum Gasteiger partial charge on any atom is 0.242 e. The van der Waals surface area contributed by atoms with Gasteiger partial charge in [0.25, 0.3) is 0 Å². The number of pyridine rings is 1. The fourth-order valence-electron chi connectivity index (χ4n) is 4.03. The lowest BCUT2D eigenvalue weighted by Gasteiger charge is -2.28. The largest absolute Gasteiger partial charge is 0.388 e. The minimum Gasteiger partial charge on any atom is -0.388 e. The zero-order valence-corrected chi connectivity index (χ0v) is 17.4. The van der Waals surface area contributed by atoms with Crippen molar-refractivity contribution in [1.82, 2.24) is 9.71 Å². The van der Waals surface area contributed by atoms with Crippen LogP contribution in [0.4, 0.5) is 0 Å². The first-order valence-electron chi connectivity index (χ1n) is 9.53. The second-order valence-corrected chi connectivity index (χ2v) is 10.4. The lowest BCUT2D eigenvalue weighted by molar-refractivity contribution is 0.203. The number of nitrogens with one attached hydrogen (secondary N) is 1. The molecule has 0 radical (unpaired) electrons. The van der Waals surface area contributed by atoms with Gasteiger partial charge in [0.1, 0.15) is 4.90 Å². The number of aliphatic hydroxyl groups excluding tert-OH is 1. The van der Waals surface area contributed by atoms with Gasteiger partial charge in [0.2, 0.25) is 10.0 Å². The number of fused-ring (bicyclic) bond motifs is 1. The molecule has 1 fully saturated rings. The molecule has 0 amide bonds. The Morgan fingerprint density at radius 2 is 1.93 bits per heavy atom. The van der Waals surface area contributed by atoms with Crippen LogP contribution in [0.5, 0.6) is 0 Å². The van der Waals surface area contributed by atoms with Gasteiger partial charge in [0, 0.05) is 33.3 Å². The van der Waals surface area contributed by atoms with Gasteiger partial charge in [0.15, 0.2) is 0 Å². The minimum absolute atomic E-state index is 0.205. The fourth-order valence-corrected chi connectivity index (χ4v) is 6.52. The van der Waals surface area contributed by atoms with E-state index in [2.05, 4.69) is 9.71 Å². The molecule has 0 aliphatic heterocycles. The van der Waals surface area contributed by atoms with Gasteiger partial charge in [-0.25, -0.2) is 13.1 Å². The van der Waals surface area contributed by atoms with Crippen molar-refractivity contribution in [3.8, 4) is 0 Å². The standard InChI is InChI=1S/C21H24N2O3S2/c1-15(24)17-9-10-19(27-17)21(11-2-3-12-21)14-23-28(25,26)18-8-4-6-16-7-5-13-22-20(16)18/h4-10,13,15,23-24H,2-3,11-12,14H2,1H3. The van der Waals surface area contributed by atoms with Gasteiger partial charge in [0.05, 0.1) is 11.6 Å². The summed E-state index contributed by atoms with van der Waals surface area (Å²) in [5.41, 5.74) is 0.286. The predicted octanol–water partition coefficient (Wildman–Crippen LogP) is 4.14. The summed E-state index contributed by atoms with van der Waals surface area (Å²) in [6, 6.07) is 12.9. The van der Waals surface area contributed by atoms with Gasteiger partial charge in [-0.2, -0.15) is 0 Å². The van der Waals surface area contributed by atoms with Crippen molar-refractivity contribution < 1.29 is 13.5 Å². The summed E-state index contributed by atoms with van der Waals surface area (Å²) in [7, 11) is -3.69. The molecule has 2 heterocycles. The highest BCUT2D eigenvalue weighted by Crippen LogP contribution is 2.44. The van der Waals surface area contributed by atoms with Gasteiger partial charge in [-0.1, -0.05) is 31.0 Å². The van der Waals surface area contributed by atoms with Crippen LogP contribution in [0.15, 0.2) is 53.6 Å². The highest BCUT2D eigenvalue weighted by molar-refractivity contribution is 7.89. The quantitative estimate of drug-likeness (QED) is 0.633. The van der Waals surface area contributed by atoms with Crippen molar-refractivity contribution in [3.05, 3.63) is 58.4 Å². The van der Waals surface area contributed by atoms with Crippen molar-refractivity contribution in [3.63, 3.8) is 0 Å². The van der Waals surface area contributed by atoms with Gasteiger partial charge in [-0.15, -0.1) is 11.3 Å². The summed E-state index contributed by atoms with van der Waals surface area (Å²) in [4.78, 5) is 6.57. The average Bonchev–Trinajstić information content (AvgIpc) is 3.36. The van der Waals surface area contributed by atoms with Gasteiger partial charge >= 0.3 is 0 Å². The number of sulfonamides is 1. The van der Waals surface area contributed by atoms with Gasteiger partial charge < -0.3 is 5.11 Å². The number of hydrogen-bond donors (Lipinski definition) is 2. The van der Waals surface area contributed by atoms with E-state index in [1.165, 1.54) is 0 Å². The Morgan fingerprint density at radius 1 is 1.18 bits per heavy atom. The number of thiophene rings is 1. The monoisotopic (exact) mass is 416 g/mol. The summed E-state index contributed by atoms with van der Waals surface area (Å²) < 4.78 is 29.1. The van der Waals surface area contributed by atoms with E-state index in [1.54, 1.807) is 42.7 Å². The molecule has 7 heteroatoms. The topological polar surface area (TPSA) is 79.3 Å². The second-order valence-electron chi connectivity index (χ2n) is 7.52. The van der Waals surface area contributed by atoms with E-state index in [0.29, 0.717) is 12.1 Å². The predicted molar refractivity (Wildman–Crippen MR) is 112 cm³/mol. The summed E-state index contributed by atoms with van der Waals surface area (Å²) in [5.74, 6) is 0. The van der Waals surface area contributed by atoms with E-state index in [9.17, 15) is 13.5 Å². The highest BCUT2D eigenvalue weighted by atomic mass is 32.2. The van der Waals surface area contributed by atoms with Crippen LogP contribution >= 0.6 is 11.3 Å². The van der Waals surface area contributed by atoms with Crippen LogP contribution in [0, 0.1) is 0 Å². The lowest BCUT2D eigenvalue weighted by Crippen LogP contribution is -2.38. The zero-order valence-electron chi connectivity index (χ0n) is 15.8. The van der Waals surface area contributed by atoms with Crippen LogP contribution in [0.3, 0.4) is 0 Å². The number of rotatable bonds is 6. The molecule has 1 aliphatic carbocycles. The molecule has 0 saturated heterocycles. The molecule has 1 atom stereocenters. The Morgan fingerprint density at radius 3 is 2.64 bits per heavy atom. The molecule has 4 rings (SSSR count). The third-order valence-corrected chi connectivity index (χ3v) is 8.54. The van der Waals surface area contributed by atoms with E-state index >= 15 is 0 Å². The molecule has 148 valence electrons. The normalized spacial score (nSPS) is 17.8.